The molecule has 72 valence electrons. The molecule has 2 atom stereocenters. The maximum Gasteiger partial charge on any atom is 0.0700 e. The second-order valence-electron chi connectivity index (χ2n) is 3.64. The van der Waals surface area contributed by atoms with Crippen LogP contribution in [0, 0.1) is 0 Å². The van der Waals surface area contributed by atoms with Gasteiger partial charge in [-0.3, -0.25) is 0 Å². The van der Waals surface area contributed by atoms with Crippen molar-refractivity contribution in [3.05, 3.63) is 0 Å². The van der Waals surface area contributed by atoms with Gasteiger partial charge < -0.3 is 10.1 Å². The highest BCUT2D eigenvalue weighted by atomic mass is 16.5. The molecule has 0 aromatic rings. The summed E-state index contributed by atoms with van der Waals surface area (Å²) in [4.78, 5) is 0. The Morgan fingerprint density at radius 2 is 2.00 bits per heavy atom. The average molecular weight is 171 g/mol. The number of ether oxygens (including phenoxy) is 1. The van der Waals surface area contributed by atoms with Crippen LogP contribution in [0.3, 0.4) is 0 Å². The van der Waals surface area contributed by atoms with E-state index in [0.717, 1.165) is 13.2 Å². The molecular weight excluding hydrogens is 150 g/mol. The van der Waals surface area contributed by atoms with Crippen LogP contribution < -0.4 is 5.32 Å². The Hall–Kier alpha value is -0.0800. The predicted molar refractivity (Wildman–Crippen MR) is 51.3 cm³/mol. The lowest BCUT2D eigenvalue weighted by atomic mass is 10.1. The van der Waals surface area contributed by atoms with E-state index in [0.29, 0.717) is 12.1 Å². The molecule has 1 aliphatic heterocycles. The maximum atomic E-state index is 5.72. The average Bonchev–Trinajstić information content (AvgIpc) is 2.09. The maximum absolute atomic E-state index is 5.72. The van der Waals surface area contributed by atoms with Gasteiger partial charge in [-0.25, -0.2) is 0 Å². The molecule has 1 heterocycles. The summed E-state index contributed by atoms with van der Waals surface area (Å²) in [5.74, 6) is 0. The van der Waals surface area contributed by atoms with E-state index in [4.69, 9.17) is 4.74 Å². The molecule has 2 heteroatoms. The van der Waals surface area contributed by atoms with Crippen LogP contribution in [-0.2, 0) is 4.74 Å². The van der Waals surface area contributed by atoms with Crippen LogP contribution in [-0.4, -0.2) is 25.3 Å². The van der Waals surface area contributed by atoms with Crippen molar-refractivity contribution in [2.45, 2.75) is 51.7 Å². The molecule has 2 nitrogen and oxygen atoms in total. The van der Waals surface area contributed by atoms with Gasteiger partial charge in [0.2, 0.25) is 0 Å². The molecule has 12 heavy (non-hydrogen) atoms. The van der Waals surface area contributed by atoms with E-state index in [2.05, 4.69) is 19.2 Å². The summed E-state index contributed by atoms with van der Waals surface area (Å²) in [6, 6.07) is 0.614. The van der Waals surface area contributed by atoms with Gasteiger partial charge in [0.05, 0.1) is 12.7 Å². The third kappa shape index (κ3) is 3.11. The molecule has 0 aromatic carbocycles. The number of rotatable bonds is 4. The highest BCUT2D eigenvalue weighted by molar-refractivity contribution is 4.75. The van der Waals surface area contributed by atoms with E-state index in [1.807, 2.05) is 0 Å². The summed E-state index contributed by atoms with van der Waals surface area (Å²) in [7, 11) is 0. The first-order valence-corrected chi connectivity index (χ1v) is 5.21. The van der Waals surface area contributed by atoms with Crippen molar-refractivity contribution in [3.63, 3.8) is 0 Å². The van der Waals surface area contributed by atoms with Crippen LogP contribution in [0.25, 0.3) is 0 Å². The molecule has 0 spiro atoms. The molecule has 1 N–H and O–H groups in total. The van der Waals surface area contributed by atoms with Gasteiger partial charge in [0.25, 0.3) is 0 Å². The topological polar surface area (TPSA) is 21.3 Å². The Bertz CT molecular complexity index is 94.4. The third-order valence-electron chi connectivity index (χ3n) is 2.42. The van der Waals surface area contributed by atoms with Crippen molar-refractivity contribution in [1.29, 1.82) is 0 Å². The van der Waals surface area contributed by atoms with Crippen molar-refractivity contribution in [3.8, 4) is 0 Å². The Balaban J connectivity index is 2.11. The molecule has 1 saturated heterocycles. The van der Waals surface area contributed by atoms with Gasteiger partial charge in [0.1, 0.15) is 0 Å². The zero-order valence-corrected chi connectivity index (χ0v) is 8.31. The van der Waals surface area contributed by atoms with Gasteiger partial charge >= 0.3 is 0 Å². The fourth-order valence-corrected chi connectivity index (χ4v) is 1.71. The molecule has 0 radical (unpaired) electrons. The standard InChI is InChI=1S/C10H21NO/c1-3-5-9-8-12-10(6-4-2)7-11-9/h9-11H,3-8H2,1-2H3. The number of nitrogens with one attached hydrogen (secondary N) is 1. The first-order valence-electron chi connectivity index (χ1n) is 5.21. The molecule has 1 rings (SSSR count). The Kier molecular flexibility index (Phi) is 4.62. The fourth-order valence-electron chi connectivity index (χ4n) is 1.71. The van der Waals surface area contributed by atoms with Crippen molar-refractivity contribution < 1.29 is 4.74 Å². The van der Waals surface area contributed by atoms with E-state index in [9.17, 15) is 0 Å². The first-order chi connectivity index (χ1) is 5.86. The van der Waals surface area contributed by atoms with Crippen molar-refractivity contribution in [1.82, 2.24) is 5.32 Å². The number of morpholine rings is 1. The van der Waals surface area contributed by atoms with E-state index in [1.54, 1.807) is 0 Å². The molecular formula is C10H21NO. The largest absolute Gasteiger partial charge is 0.375 e. The van der Waals surface area contributed by atoms with Gasteiger partial charge in [-0.15, -0.1) is 0 Å². The number of hydrogen-bond donors (Lipinski definition) is 1. The van der Waals surface area contributed by atoms with Crippen LogP contribution in [0.5, 0.6) is 0 Å². The number of hydrogen-bond acceptors (Lipinski definition) is 2. The molecule has 0 aromatic heterocycles. The Labute approximate surface area is 75.7 Å². The Morgan fingerprint density at radius 3 is 2.50 bits per heavy atom. The first kappa shape index (κ1) is 10.0. The van der Waals surface area contributed by atoms with Crippen molar-refractivity contribution in [2.75, 3.05) is 13.2 Å². The van der Waals surface area contributed by atoms with E-state index in [-0.39, 0.29) is 0 Å². The molecule has 1 aliphatic rings. The second kappa shape index (κ2) is 5.55. The molecule has 0 bridgehead atoms. The quantitative estimate of drug-likeness (QED) is 0.698. The summed E-state index contributed by atoms with van der Waals surface area (Å²) in [5.41, 5.74) is 0. The minimum Gasteiger partial charge on any atom is -0.375 e. The fraction of sp³-hybridized carbons (Fsp3) is 1.00. The lowest BCUT2D eigenvalue weighted by Crippen LogP contribution is -2.46. The van der Waals surface area contributed by atoms with Gasteiger partial charge in [-0.2, -0.15) is 0 Å². The smallest absolute Gasteiger partial charge is 0.0700 e. The molecule has 1 fully saturated rings. The predicted octanol–water partition coefficient (Wildman–Crippen LogP) is 1.94. The van der Waals surface area contributed by atoms with Crippen molar-refractivity contribution in [2.24, 2.45) is 0 Å². The van der Waals surface area contributed by atoms with E-state index in [1.165, 1.54) is 25.7 Å². The lowest BCUT2D eigenvalue weighted by Gasteiger charge is -2.30. The van der Waals surface area contributed by atoms with E-state index < -0.39 is 0 Å². The summed E-state index contributed by atoms with van der Waals surface area (Å²) in [6.45, 7) is 6.40. The van der Waals surface area contributed by atoms with Crippen LogP contribution in [0.4, 0.5) is 0 Å². The highest BCUT2D eigenvalue weighted by Crippen LogP contribution is 2.09. The second-order valence-corrected chi connectivity index (χ2v) is 3.64. The van der Waals surface area contributed by atoms with Crippen LogP contribution in [0.15, 0.2) is 0 Å². The van der Waals surface area contributed by atoms with E-state index >= 15 is 0 Å². The molecule has 0 saturated carbocycles. The minimum absolute atomic E-state index is 0.475. The third-order valence-corrected chi connectivity index (χ3v) is 2.42. The molecule has 2 unspecified atom stereocenters. The van der Waals surface area contributed by atoms with Gasteiger partial charge in [-0.05, 0) is 12.8 Å². The summed E-state index contributed by atoms with van der Waals surface area (Å²) in [6.07, 6.45) is 5.40. The summed E-state index contributed by atoms with van der Waals surface area (Å²) < 4.78 is 5.72. The Morgan fingerprint density at radius 1 is 1.25 bits per heavy atom. The monoisotopic (exact) mass is 171 g/mol. The van der Waals surface area contributed by atoms with Gasteiger partial charge in [0, 0.05) is 12.6 Å². The summed E-state index contributed by atoms with van der Waals surface area (Å²) in [5, 5.41) is 3.53. The van der Waals surface area contributed by atoms with Gasteiger partial charge in [0.15, 0.2) is 0 Å². The molecule has 0 aliphatic carbocycles. The lowest BCUT2D eigenvalue weighted by molar-refractivity contribution is -0.00220. The molecule has 0 amide bonds. The van der Waals surface area contributed by atoms with Crippen LogP contribution >= 0.6 is 0 Å². The zero-order chi connectivity index (χ0) is 8.81. The normalized spacial score (nSPS) is 30.5. The zero-order valence-electron chi connectivity index (χ0n) is 8.31. The highest BCUT2D eigenvalue weighted by Gasteiger charge is 2.18. The van der Waals surface area contributed by atoms with Crippen LogP contribution in [0.2, 0.25) is 0 Å². The van der Waals surface area contributed by atoms with Crippen LogP contribution in [0.1, 0.15) is 39.5 Å². The SMILES string of the molecule is CCCC1COC(CCC)CN1. The minimum atomic E-state index is 0.475. The van der Waals surface area contributed by atoms with Crippen molar-refractivity contribution >= 4 is 0 Å². The summed E-state index contributed by atoms with van der Waals surface area (Å²) >= 11 is 0. The van der Waals surface area contributed by atoms with Gasteiger partial charge in [-0.1, -0.05) is 26.7 Å².